The van der Waals surface area contributed by atoms with Gasteiger partial charge in [0.2, 0.25) is 5.91 Å². The van der Waals surface area contributed by atoms with Crippen LogP contribution in [0.25, 0.3) is 0 Å². The molecule has 17 heavy (non-hydrogen) atoms. The van der Waals surface area contributed by atoms with E-state index in [1.165, 1.54) is 4.90 Å². The molecule has 2 rings (SSSR count). The van der Waals surface area contributed by atoms with Crippen molar-refractivity contribution < 1.29 is 19.2 Å². The number of carbonyl (C=O) groups excluding carboxylic acids is 2. The van der Waals surface area contributed by atoms with Crippen LogP contribution in [0.4, 0.5) is 0 Å². The smallest absolute Gasteiger partial charge is 0.230 e. The van der Waals surface area contributed by atoms with Crippen molar-refractivity contribution in [2.75, 3.05) is 6.54 Å². The van der Waals surface area contributed by atoms with Crippen LogP contribution in [0.15, 0.2) is 10.6 Å². The second-order valence-corrected chi connectivity index (χ2v) is 4.25. The van der Waals surface area contributed by atoms with E-state index in [1.54, 1.807) is 13.0 Å². The molecule has 92 valence electrons. The molecule has 0 bridgehead atoms. The van der Waals surface area contributed by atoms with Crippen molar-refractivity contribution in [3.8, 4) is 0 Å². The van der Waals surface area contributed by atoms with E-state index < -0.39 is 12.1 Å². The first-order valence-electron chi connectivity index (χ1n) is 5.45. The molecule has 0 saturated carbocycles. The molecule has 2 unspecified atom stereocenters. The largest absolute Gasteiger partial charge is 0.391 e. The summed E-state index contributed by atoms with van der Waals surface area (Å²) in [7, 11) is 0. The van der Waals surface area contributed by atoms with Crippen molar-refractivity contribution in [1.82, 2.24) is 10.1 Å². The van der Waals surface area contributed by atoms with Gasteiger partial charge in [-0.2, -0.15) is 0 Å². The van der Waals surface area contributed by atoms with Gasteiger partial charge in [-0.05, 0) is 6.92 Å². The molecule has 0 radical (unpaired) electrons. The molecule has 1 aliphatic rings. The van der Waals surface area contributed by atoms with Gasteiger partial charge in [0, 0.05) is 19.0 Å². The number of nitrogens with zero attached hydrogens (tertiary/aromatic N) is 2. The van der Waals surface area contributed by atoms with Gasteiger partial charge in [0.25, 0.3) is 0 Å². The van der Waals surface area contributed by atoms with Crippen molar-refractivity contribution in [3.63, 3.8) is 0 Å². The third kappa shape index (κ3) is 2.52. The van der Waals surface area contributed by atoms with E-state index in [9.17, 15) is 14.7 Å². The van der Waals surface area contributed by atoms with E-state index in [2.05, 4.69) is 5.16 Å². The molecule has 2 heterocycles. The van der Waals surface area contributed by atoms with E-state index in [4.69, 9.17) is 4.52 Å². The SMILES string of the molecule is Cc1cc(CC(=O)N2CC(O)CC2C=O)on1. The molecule has 1 fully saturated rings. The van der Waals surface area contributed by atoms with Crippen molar-refractivity contribution in [1.29, 1.82) is 0 Å². The number of aromatic nitrogens is 1. The number of hydrogen-bond acceptors (Lipinski definition) is 5. The van der Waals surface area contributed by atoms with Crippen LogP contribution in [0.3, 0.4) is 0 Å². The number of β-amino-alcohol motifs (C(OH)–C–C–N with tert-alkyl or cyclic N) is 1. The number of likely N-dealkylation sites (tertiary alicyclic amines) is 1. The maximum atomic E-state index is 11.9. The van der Waals surface area contributed by atoms with E-state index in [-0.39, 0.29) is 18.9 Å². The number of aliphatic hydroxyl groups excluding tert-OH is 1. The summed E-state index contributed by atoms with van der Waals surface area (Å²) in [4.78, 5) is 24.1. The summed E-state index contributed by atoms with van der Waals surface area (Å²) in [6.07, 6.45) is 0.452. The number of rotatable bonds is 3. The molecule has 0 aromatic carbocycles. The average molecular weight is 238 g/mol. The van der Waals surface area contributed by atoms with Gasteiger partial charge < -0.3 is 19.3 Å². The summed E-state index contributed by atoms with van der Waals surface area (Å²) >= 11 is 0. The Labute approximate surface area is 98.2 Å². The zero-order valence-electron chi connectivity index (χ0n) is 9.50. The van der Waals surface area contributed by atoms with Gasteiger partial charge in [-0.25, -0.2) is 0 Å². The van der Waals surface area contributed by atoms with E-state index in [0.29, 0.717) is 24.2 Å². The van der Waals surface area contributed by atoms with Crippen molar-refractivity contribution in [2.24, 2.45) is 0 Å². The highest BCUT2D eigenvalue weighted by Gasteiger charge is 2.34. The average Bonchev–Trinajstić information content (AvgIpc) is 2.84. The minimum atomic E-state index is -0.620. The summed E-state index contributed by atoms with van der Waals surface area (Å²) in [6, 6.07) is 1.15. The minimum absolute atomic E-state index is 0.0674. The first-order chi connectivity index (χ1) is 8.10. The molecular formula is C11H14N2O4. The van der Waals surface area contributed by atoms with Crippen LogP contribution in [0.1, 0.15) is 17.9 Å². The number of carbonyl (C=O) groups is 2. The molecule has 6 heteroatoms. The Balaban J connectivity index is 2.02. The van der Waals surface area contributed by atoms with Crippen molar-refractivity contribution in [2.45, 2.75) is 31.9 Å². The molecule has 1 aromatic rings. The third-order valence-electron chi connectivity index (χ3n) is 2.80. The molecule has 0 aliphatic carbocycles. The zero-order valence-corrected chi connectivity index (χ0v) is 9.50. The van der Waals surface area contributed by atoms with E-state index >= 15 is 0 Å². The topological polar surface area (TPSA) is 83.6 Å². The maximum absolute atomic E-state index is 11.9. The summed E-state index contributed by atoms with van der Waals surface area (Å²) in [6.45, 7) is 1.97. The Morgan fingerprint density at radius 1 is 1.76 bits per heavy atom. The van der Waals surface area contributed by atoms with Crippen molar-refractivity contribution >= 4 is 12.2 Å². The first-order valence-corrected chi connectivity index (χ1v) is 5.45. The Morgan fingerprint density at radius 2 is 2.53 bits per heavy atom. The Bertz CT molecular complexity index is 429. The van der Waals surface area contributed by atoms with E-state index in [1.807, 2.05) is 0 Å². The van der Waals surface area contributed by atoms with Crippen LogP contribution in [0.2, 0.25) is 0 Å². The molecule has 1 aliphatic heterocycles. The number of aliphatic hydroxyl groups is 1. The Hall–Kier alpha value is -1.69. The fraction of sp³-hybridized carbons (Fsp3) is 0.545. The lowest BCUT2D eigenvalue weighted by molar-refractivity contribution is -0.134. The fourth-order valence-corrected chi connectivity index (χ4v) is 2.01. The molecule has 6 nitrogen and oxygen atoms in total. The number of aryl methyl sites for hydroxylation is 1. The van der Waals surface area contributed by atoms with Crippen LogP contribution < -0.4 is 0 Å². The highest BCUT2D eigenvalue weighted by atomic mass is 16.5. The normalized spacial score (nSPS) is 24.0. The van der Waals surface area contributed by atoms with Gasteiger partial charge in [0.05, 0.1) is 24.3 Å². The number of amides is 1. The summed E-state index contributed by atoms with van der Waals surface area (Å²) < 4.78 is 4.94. The van der Waals surface area contributed by atoms with Gasteiger partial charge in [-0.3, -0.25) is 4.79 Å². The molecule has 1 amide bonds. The summed E-state index contributed by atoms with van der Waals surface area (Å²) in [5.74, 6) is 0.244. The summed E-state index contributed by atoms with van der Waals surface area (Å²) in [5.41, 5.74) is 0.709. The fourth-order valence-electron chi connectivity index (χ4n) is 2.01. The lowest BCUT2D eigenvalue weighted by Gasteiger charge is -2.19. The molecule has 0 spiro atoms. The van der Waals surface area contributed by atoms with Gasteiger partial charge in [0.15, 0.2) is 0 Å². The Kier molecular flexibility index (Phi) is 3.23. The quantitative estimate of drug-likeness (QED) is 0.730. The number of aldehydes is 1. The van der Waals surface area contributed by atoms with Gasteiger partial charge >= 0.3 is 0 Å². The van der Waals surface area contributed by atoms with Crippen molar-refractivity contribution in [3.05, 3.63) is 17.5 Å². The highest BCUT2D eigenvalue weighted by molar-refractivity contribution is 5.82. The molecule has 1 saturated heterocycles. The minimum Gasteiger partial charge on any atom is -0.391 e. The van der Waals surface area contributed by atoms with Crippen LogP contribution in [0.5, 0.6) is 0 Å². The standard InChI is InChI=1S/C11H14N2O4/c1-7-2-10(17-12-7)4-11(16)13-5-9(15)3-8(13)6-14/h2,6,8-9,15H,3-5H2,1H3. The highest BCUT2D eigenvalue weighted by Crippen LogP contribution is 2.17. The van der Waals surface area contributed by atoms with E-state index in [0.717, 1.165) is 0 Å². The second-order valence-electron chi connectivity index (χ2n) is 4.25. The second kappa shape index (κ2) is 4.67. The van der Waals surface area contributed by atoms with Crippen LogP contribution in [-0.2, 0) is 16.0 Å². The summed E-state index contributed by atoms with van der Waals surface area (Å²) in [5, 5.41) is 13.1. The third-order valence-corrected chi connectivity index (χ3v) is 2.80. The van der Waals surface area contributed by atoms with Gasteiger partial charge in [-0.15, -0.1) is 0 Å². The number of hydrogen-bond donors (Lipinski definition) is 1. The molecule has 1 N–H and O–H groups in total. The predicted molar refractivity (Wildman–Crippen MR) is 57.1 cm³/mol. The van der Waals surface area contributed by atoms with Gasteiger partial charge in [-0.1, -0.05) is 5.16 Å². The molecular weight excluding hydrogens is 224 g/mol. The monoisotopic (exact) mass is 238 g/mol. The Morgan fingerprint density at radius 3 is 3.12 bits per heavy atom. The maximum Gasteiger partial charge on any atom is 0.230 e. The lowest BCUT2D eigenvalue weighted by atomic mass is 10.2. The zero-order chi connectivity index (χ0) is 12.4. The van der Waals surface area contributed by atoms with Crippen LogP contribution in [-0.4, -0.2) is 46.0 Å². The molecule has 2 atom stereocenters. The predicted octanol–water partition coefficient (Wildman–Crippen LogP) is -0.314. The lowest BCUT2D eigenvalue weighted by Crippen LogP contribution is -2.37. The van der Waals surface area contributed by atoms with Crippen LogP contribution in [0, 0.1) is 6.92 Å². The first kappa shape index (κ1) is 11.8. The molecule has 1 aromatic heterocycles. The van der Waals surface area contributed by atoms with Crippen LogP contribution >= 0.6 is 0 Å². The van der Waals surface area contributed by atoms with Gasteiger partial charge in [0.1, 0.15) is 12.0 Å².